The summed E-state index contributed by atoms with van der Waals surface area (Å²) in [4.78, 5) is 0. The molecule has 0 spiro atoms. The van der Waals surface area contributed by atoms with Crippen LogP contribution in [0.1, 0.15) is 0 Å². The Morgan fingerprint density at radius 3 is 2.17 bits per heavy atom. The van der Waals surface area contributed by atoms with Gasteiger partial charge in [-0.05, 0) is 11.3 Å². The minimum atomic E-state index is -1.21. The molecule has 0 N–H and O–H groups in total. The van der Waals surface area contributed by atoms with E-state index in [1.165, 1.54) is 0 Å². The van der Waals surface area contributed by atoms with Gasteiger partial charge < -0.3 is 0 Å². The highest BCUT2D eigenvalue weighted by molar-refractivity contribution is 6.70. The van der Waals surface area contributed by atoms with Crippen molar-refractivity contribution in [3.63, 3.8) is 0 Å². The van der Waals surface area contributed by atoms with Gasteiger partial charge >= 0.3 is 0 Å². The summed E-state index contributed by atoms with van der Waals surface area (Å²) in [5.41, 5.74) is 0. The summed E-state index contributed by atoms with van der Waals surface area (Å²) in [6.45, 7) is 3.94. The van der Waals surface area contributed by atoms with E-state index in [4.69, 9.17) is 0 Å². The highest BCUT2D eigenvalue weighted by Crippen LogP contribution is 2.02. The van der Waals surface area contributed by atoms with Gasteiger partial charge in [0.1, 0.15) is 0 Å². The van der Waals surface area contributed by atoms with Crippen LogP contribution in [0.3, 0.4) is 0 Å². The number of hydrogen-bond acceptors (Lipinski definition) is 0. The van der Waals surface area contributed by atoms with Crippen LogP contribution in [0.5, 0.6) is 0 Å². The second-order valence-electron chi connectivity index (χ2n) is 2.80. The Morgan fingerprint density at radius 2 is 1.75 bits per heavy atom. The first-order valence-electron chi connectivity index (χ1n) is 3.57. The molecule has 1 rings (SSSR count). The van der Waals surface area contributed by atoms with Crippen molar-refractivity contribution in [2.45, 2.75) is 13.1 Å². The summed E-state index contributed by atoms with van der Waals surface area (Å²) < 4.78 is 25.5. The number of hydrogen-bond donors (Lipinski definition) is 0. The van der Waals surface area contributed by atoms with Crippen molar-refractivity contribution in [3.05, 3.63) is 29.8 Å². The Balaban J connectivity index is 0.00000121. The lowest BCUT2D eigenvalue weighted by Crippen LogP contribution is -2.26. The zero-order valence-corrected chi connectivity index (χ0v) is 8.13. The maximum atomic E-state index is 12.9. The van der Waals surface area contributed by atoms with Gasteiger partial charge in [0, 0.05) is 0 Å². The molecule has 0 aliphatic carbocycles. The third-order valence-corrected chi connectivity index (χ3v) is 3.29. The summed E-state index contributed by atoms with van der Waals surface area (Å²) in [6.07, 6.45) is 0. The number of halogens is 3. The van der Waals surface area contributed by atoms with Gasteiger partial charge in [0.25, 0.3) is 0 Å². The SMILES string of the molecule is C[SiH](C)c1cccc(F)c1F.F. The zero-order chi connectivity index (χ0) is 8.43. The quantitative estimate of drug-likeness (QED) is 0.595. The fourth-order valence-electron chi connectivity index (χ4n) is 0.966. The van der Waals surface area contributed by atoms with Crippen molar-refractivity contribution in [2.75, 3.05) is 0 Å². The van der Waals surface area contributed by atoms with E-state index in [0.29, 0.717) is 5.19 Å². The van der Waals surface area contributed by atoms with Gasteiger partial charge in [0.15, 0.2) is 11.6 Å². The van der Waals surface area contributed by atoms with Crippen LogP contribution in [-0.4, -0.2) is 8.80 Å². The molecule has 68 valence electrons. The number of benzene rings is 1. The Hall–Kier alpha value is -0.773. The van der Waals surface area contributed by atoms with E-state index < -0.39 is 20.4 Å². The third-order valence-electron chi connectivity index (χ3n) is 1.60. The molecule has 0 saturated carbocycles. The zero-order valence-electron chi connectivity index (χ0n) is 6.97. The lowest BCUT2D eigenvalue weighted by atomic mass is 10.3. The molecule has 0 aliphatic rings. The van der Waals surface area contributed by atoms with E-state index in [1.807, 2.05) is 13.1 Å². The molecule has 0 saturated heterocycles. The van der Waals surface area contributed by atoms with E-state index in [0.717, 1.165) is 6.07 Å². The lowest BCUT2D eigenvalue weighted by molar-refractivity contribution is 0.514. The molecule has 0 radical (unpaired) electrons. The molecule has 0 unspecified atom stereocenters. The van der Waals surface area contributed by atoms with Gasteiger partial charge in [0.2, 0.25) is 0 Å². The van der Waals surface area contributed by atoms with Crippen LogP contribution in [0, 0.1) is 11.6 Å². The molecule has 0 heterocycles. The van der Waals surface area contributed by atoms with E-state index in [9.17, 15) is 8.78 Å². The van der Waals surface area contributed by atoms with E-state index >= 15 is 0 Å². The Bertz CT molecular complexity index is 260. The van der Waals surface area contributed by atoms with Crippen molar-refractivity contribution in [1.82, 2.24) is 0 Å². The molecule has 1 aromatic rings. The third kappa shape index (κ3) is 2.10. The maximum Gasteiger partial charge on any atom is 0.158 e. The fraction of sp³-hybridized carbons (Fsp3) is 0.250. The predicted octanol–water partition coefficient (Wildman–Crippen LogP) is 1.81. The molecule has 1 aromatic carbocycles. The summed E-state index contributed by atoms with van der Waals surface area (Å²) in [5.74, 6) is -1.39. The second kappa shape index (κ2) is 4.30. The topological polar surface area (TPSA) is 0 Å². The maximum absolute atomic E-state index is 12.9. The van der Waals surface area contributed by atoms with Crippen LogP contribution >= 0.6 is 0 Å². The second-order valence-corrected chi connectivity index (χ2v) is 5.73. The highest BCUT2D eigenvalue weighted by atomic mass is 28.3. The molecule has 0 fully saturated rings. The molecule has 0 nitrogen and oxygen atoms in total. The average molecular weight is 192 g/mol. The van der Waals surface area contributed by atoms with Crippen LogP contribution in [0.15, 0.2) is 18.2 Å². The Labute approximate surface area is 71.2 Å². The minimum absolute atomic E-state index is 0. The van der Waals surface area contributed by atoms with Crippen molar-refractivity contribution in [1.29, 1.82) is 0 Å². The van der Waals surface area contributed by atoms with Crippen molar-refractivity contribution < 1.29 is 13.5 Å². The van der Waals surface area contributed by atoms with Crippen molar-refractivity contribution in [3.8, 4) is 0 Å². The predicted molar refractivity (Wildman–Crippen MR) is 47.4 cm³/mol. The highest BCUT2D eigenvalue weighted by Gasteiger charge is 2.10. The minimum Gasteiger partial charge on any atom is -0.269 e. The molecule has 0 aliphatic heterocycles. The van der Waals surface area contributed by atoms with Gasteiger partial charge in [-0.15, -0.1) is 0 Å². The smallest absolute Gasteiger partial charge is 0.158 e. The van der Waals surface area contributed by atoms with Crippen molar-refractivity contribution >= 4 is 14.0 Å². The molecule has 0 bridgehead atoms. The van der Waals surface area contributed by atoms with Gasteiger partial charge in [-0.25, -0.2) is 8.78 Å². The Morgan fingerprint density at radius 1 is 1.17 bits per heavy atom. The largest absolute Gasteiger partial charge is 0.269 e. The summed E-state index contributed by atoms with van der Waals surface area (Å²) in [7, 11) is -1.21. The van der Waals surface area contributed by atoms with Gasteiger partial charge in [-0.3, -0.25) is 4.70 Å². The summed E-state index contributed by atoms with van der Waals surface area (Å²) in [6, 6.07) is 4.37. The van der Waals surface area contributed by atoms with Crippen molar-refractivity contribution in [2.24, 2.45) is 0 Å². The fourth-order valence-corrected chi connectivity index (χ4v) is 2.11. The summed E-state index contributed by atoms with van der Waals surface area (Å²) in [5, 5.41) is 0.574. The number of rotatable bonds is 1. The first-order valence-corrected chi connectivity index (χ1v) is 6.45. The van der Waals surface area contributed by atoms with Gasteiger partial charge in [-0.2, -0.15) is 0 Å². The molecule has 12 heavy (non-hydrogen) atoms. The van der Waals surface area contributed by atoms with Crippen LogP contribution in [0.25, 0.3) is 0 Å². The molecule has 0 atom stereocenters. The first-order chi connectivity index (χ1) is 5.13. The molecule has 0 aromatic heterocycles. The standard InChI is InChI=1S/C8H10F2Si.FH/c1-11(2)7-5-3-4-6(9)8(7)10;/h3-5,11H,1-2H3;1H. The van der Waals surface area contributed by atoms with Gasteiger partial charge in [0.05, 0.1) is 8.80 Å². The Kier molecular flexibility index (Phi) is 4.02. The normalized spacial score (nSPS) is 9.75. The van der Waals surface area contributed by atoms with E-state index in [1.54, 1.807) is 12.1 Å². The van der Waals surface area contributed by atoms with Crippen LogP contribution < -0.4 is 5.19 Å². The van der Waals surface area contributed by atoms with E-state index in [-0.39, 0.29) is 4.70 Å². The van der Waals surface area contributed by atoms with E-state index in [2.05, 4.69) is 0 Å². The average Bonchev–Trinajstić information content (AvgIpc) is 1.94. The van der Waals surface area contributed by atoms with Crippen LogP contribution in [0.4, 0.5) is 13.5 Å². The van der Waals surface area contributed by atoms with Crippen LogP contribution in [0.2, 0.25) is 13.1 Å². The van der Waals surface area contributed by atoms with Gasteiger partial charge in [-0.1, -0.05) is 25.2 Å². The monoisotopic (exact) mass is 192 g/mol. The van der Waals surface area contributed by atoms with Crippen LogP contribution in [-0.2, 0) is 0 Å². The summed E-state index contributed by atoms with van der Waals surface area (Å²) >= 11 is 0. The molecule has 4 heteroatoms. The lowest BCUT2D eigenvalue weighted by Gasteiger charge is -2.04. The first kappa shape index (κ1) is 11.2. The molecular weight excluding hydrogens is 181 g/mol. The molecular formula is C8H11F3Si. The molecule has 0 amide bonds.